The van der Waals surface area contributed by atoms with Crippen LogP contribution in [0.5, 0.6) is 17.2 Å². The van der Waals surface area contributed by atoms with Gasteiger partial charge in [0.15, 0.2) is 11.6 Å². The highest BCUT2D eigenvalue weighted by Crippen LogP contribution is 2.27. The molecule has 0 aliphatic heterocycles. The number of allylic oxidation sites excluding steroid dienone is 3. The Morgan fingerprint density at radius 3 is 2.65 bits per heavy atom. The third-order valence-electron chi connectivity index (χ3n) is 3.51. The summed E-state index contributed by atoms with van der Waals surface area (Å²) in [6.07, 6.45) is 6.05. The van der Waals surface area contributed by atoms with Gasteiger partial charge in [-0.3, -0.25) is 0 Å². The highest BCUT2D eigenvalue weighted by molar-refractivity contribution is 5.47. The molecule has 2 aromatic rings. The number of rotatable bonds is 9. The lowest BCUT2D eigenvalue weighted by Crippen LogP contribution is -2.06. The lowest BCUT2D eigenvalue weighted by atomic mass is 10.2. The molecule has 0 aliphatic rings. The summed E-state index contributed by atoms with van der Waals surface area (Å²) < 4.78 is 30.6. The minimum absolute atomic E-state index is 0.0391. The Hall–Kier alpha value is -3.28. The molecule has 6 heteroatoms. The highest BCUT2D eigenvalue weighted by atomic mass is 19.1. The number of benzene rings is 1. The Morgan fingerprint density at radius 1 is 1.19 bits per heavy atom. The van der Waals surface area contributed by atoms with Gasteiger partial charge in [-0.2, -0.15) is 4.39 Å². The SMILES string of the molecule is C=C/C=C(\C=C)Oc1ccnc(NCc2ccc(OC)cc2OC)c1F. The normalized spacial score (nSPS) is 10.8. The van der Waals surface area contributed by atoms with Gasteiger partial charge in [-0.15, -0.1) is 0 Å². The second kappa shape index (κ2) is 9.27. The average Bonchev–Trinajstić information content (AvgIpc) is 2.67. The Balaban J connectivity index is 2.18. The van der Waals surface area contributed by atoms with E-state index in [1.807, 2.05) is 6.07 Å². The molecule has 0 amide bonds. The number of hydrogen-bond donors (Lipinski definition) is 1. The van der Waals surface area contributed by atoms with E-state index < -0.39 is 5.82 Å². The summed E-state index contributed by atoms with van der Waals surface area (Å²) in [7, 11) is 3.14. The zero-order valence-corrected chi connectivity index (χ0v) is 14.8. The largest absolute Gasteiger partial charge is 0.497 e. The molecule has 1 N–H and O–H groups in total. The van der Waals surface area contributed by atoms with Crippen LogP contribution in [0.25, 0.3) is 0 Å². The van der Waals surface area contributed by atoms with Crippen molar-refractivity contribution in [3.8, 4) is 17.2 Å². The van der Waals surface area contributed by atoms with Crippen molar-refractivity contribution >= 4 is 5.82 Å². The maximum Gasteiger partial charge on any atom is 0.207 e. The molecular formula is C20H21FN2O3. The van der Waals surface area contributed by atoms with Crippen LogP contribution in [0.3, 0.4) is 0 Å². The lowest BCUT2D eigenvalue weighted by molar-refractivity contribution is 0.391. The quantitative estimate of drug-likeness (QED) is 0.530. The van der Waals surface area contributed by atoms with Crippen molar-refractivity contribution in [2.45, 2.75) is 6.54 Å². The van der Waals surface area contributed by atoms with Crippen LogP contribution in [0, 0.1) is 5.82 Å². The first-order chi connectivity index (χ1) is 12.6. The van der Waals surface area contributed by atoms with Crippen molar-refractivity contribution in [3.63, 3.8) is 0 Å². The van der Waals surface area contributed by atoms with Crippen molar-refractivity contribution in [2.24, 2.45) is 0 Å². The first kappa shape index (κ1) is 19.1. The molecule has 0 saturated heterocycles. The molecule has 2 rings (SSSR count). The molecule has 0 saturated carbocycles. The standard InChI is InChI=1S/C20H21FN2O3/c1-5-7-15(6-2)26-17-10-11-22-20(19(17)21)23-13-14-8-9-16(24-3)12-18(14)25-4/h5-12H,1-2,13H2,3-4H3,(H,22,23)/b15-7+. The van der Waals surface area contributed by atoms with Gasteiger partial charge in [0.1, 0.15) is 17.3 Å². The van der Waals surface area contributed by atoms with E-state index in [0.29, 0.717) is 23.8 Å². The molecule has 0 atom stereocenters. The van der Waals surface area contributed by atoms with E-state index in [9.17, 15) is 4.39 Å². The molecule has 136 valence electrons. The van der Waals surface area contributed by atoms with Crippen molar-refractivity contribution in [1.82, 2.24) is 4.98 Å². The molecule has 1 heterocycles. The number of ether oxygens (including phenoxy) is 3. The first-order valence-corrected chi connectivity index (χ1v) is 7.85. The molecular weight excluding hydrogens is 335 g/mol. The van der Waals surface area contributed by atoms with Crippen LogP contribution >= 0.6 is 0 Å². The number of aromatic nitrogens is 1. The minimum atomic E-state index is -0.600. The summed E-state index contributed by atoms with van der Waals surface area (Å²) in [4.78, 5) is 4.03. The van der Waals surface area contributed by atoms with Crippen molar-refractivity contribution < 1.29 is 18.6 Å². The Kier molecular flexibility index (Phi) is 6.79. The lowest BCUT2D eigenvalue weighted by Gasteiger charge is -2.13. The summed E-state index contributed by atoms with van der Waals surface area (Å²) >= 11 is 0. The van der Waals surface area contributed by atoms with Crippen LogP contribution in [0.1, 0.15) is 5.56 Å². The summed E-state index contributed by atoms with van der Waals surface area (Å²) in [6.45, 7) is 7.51. The van der Waals surface area contributed by atoms with Gasteiger partial charge in [0, 0.05) is 30.4 Å². The van der Waals surface area contributed by atoms with E-state index in [-0.39, 0.29) is 11.6 Å². The maximum absolute atomic E-state index is 14.6. The smallest absolute Gasteiger partial charge is 0.207 e. The summed E-state index contributed by atoms with van der Waals surface area (Å²) in [5.74, 6) is 1.20. The van der Waals surface area contributed by atoms with Gasteiger partial charge in [0.05, 0.1) is 14.2 Å². The number of hydrogen-bond acceptors (Lipinski definition) is 5. The van der Waals surface area contributed by atoms with E-state index in [4.69, 9.17) is 14.2 Å². The van der Waals surface area contributed by atoms with Gasteiger partial charge in [0.25, 0.3) is 0 Å². The van der Waals surface area contributed by atoms with E-state index >= 15 is 0 Å². The van der Waals surface area contributed by atoms with E-state index in [1.165, 1.54) is 24.4 Å². The topological polar surface area (TPSA) is 52.6 Å². The maximum atomic E-state index is 14.6. The fraction of sp³-hybridized carbons (Fsp3) is 0.150. The monoisotopic (exact) mass is 356 g/mol. The number of anilines is 1. The van der Waals surface area contributed by atoms with E-state index in [2.05, 4.69) is 23.5 Å². The van der Waals surface area contributed by atoms with Crippen LogP contribution in [0.2, 0.25) is 0 Å². The summed E-state index contributed by atoms with van der Waals surface area (Å²) in [5.41, 5.74) is 0.833. The second-order valence-electron chi connectivity index (χ2n) is 5.11. The molecule has 0 bridgehead atoms. The minimum Gasteiger partial charge on any atom is -0.497 e. The summed E-state index contributed by atoms with van der Waals surface area (Å²) in [6, 6.07) is 6.84. The molecule has 0 aliphatic carbocycles. The van der Waals surface area contributed by atoms with Crippen LogP contribution in [-0.4, -0.2) is 19.2 Å². The van der Waals surface area contributed by atoms with Crippen molar-refractivity contribution in [1.29, 1.82) is 0 Å². The van der Waals surface area contributed by atoms with Gasteiger partial charge in [0.2, 0.25) is 5.82 Å². The molecule has 0 fully saturated rings. The van der Waals surface area contributed by atoms with Gasteiger partial charge in [-0.1, -0.05) is 19.2 Å². The zero-order valence-electron chi connectivity index (χ0n) is 14.8. The third kappa shape index (κ3) is 4.63. The Labute approximate surface area is 152 Å². The zero-order chi connectivity index (χ0) is 18.9. The number of nitrogens with zero attached hydrogens (tertiary/aromatic N) is 1. The van der Waals surface area contributed by atoms with Crippen LogP contribution in [-0.2, 0) is 6.54 Å². The fourth-order valence-corrected chi connectivity index (χ4v) is 2.19. The Bertz CT molecular complexity index is 819. The van der Waals surface area contributed by atoms with Gasteiger partial charge in [-0.25, -0.2) is 4.98 Å². The Morgan fingerprint density at radius 2 is 2.00 bits per heavy atom. The number of halogens is 1. The molecule has 0 spiro atoms. The number of methoxy groups -OCH3 is 2. The molecule has 1 aromatic heterocycles. The van der Waals surface area contributed by atoms with Gasteiger partial charge in [-0.05, 0) is 24.3 Å². The predicted molar refractivity (Wildman–Crippen MR) is 100 cm³/mol. The fourth-order valence-electron chi connectivity index (χ4n) is 2.19. The van der Waals surface area contributed by atoms with Crippen molar-refractivity contribution in [3.05, 3.63) is 79.0 Å². The van der Waals surface area contributed by atoms with Crippen LogP contribution in [0.4, 0.5) is 10.2 Å². The second-order valence-corrected chi connectivity index (χ2v) is 5.11. The molecule has 0 radical (unpaired) electrons. The van der Waals surface area contributed by atoms with Crippen LogP contribution < -0.4 is 19.5 Å². The number of nitrogens with one attached hydrogen (secondary N) is 1. The molecule has 1 aromatic carbocycles. The molecule has 26 heavy (non-hydrogen) atoms. The van der Waals surface area contributed by atoms with Gasteiger partial charge < -0.3 is 19.5 Å². The average molecular weight is 356 g/mol. The first-order valence-electron chi connectivity index (χ1n) is 7.85. The third-order valence-corrected chi connectivity index (χ3v) is 3.51. The van der Waals surface area contributed by atoms with E-state index in [1.54, 1.807) is 32.4 Å². The molecule has 5 nitrogen and oxygen atoms in total. The number of pyridine rings is 1. The predicted octanol–water partition coefficient (Wildman–Crippen LogP) is 4.48. The van der Waals surface area contributed by atoms with E-state index in [0.717, 1.165) is 5.56 Å². The highest BCUT2D eigenvalue weighted by Gasteiger charge is 2.13. The van der Waals surface area contributed by atoms with Crippen LogP contribution in [0.15, 0.2) is 67.6 Å². The summed E-state index contributed by atoms with van der Waals surface area (Å²) in [5, 5.41) is 2.95. The molecule has 0 unspecified atom stereocenters. The van der Waals surface area contributed by atoms with Crippen molar-refractivity contribution in [2.75, 3.05) is 19.5 Å². The van der Waals surface area contributed by atoms with Gasteiger partial charge >= 0.3 is 0 Å².